The average Bonchev–Trinajstić information content (AvgIpc) is 3.16. The largest absolute Gasteiger partial charge is 0.481 e. The number of ether oxygens (including phenoxy) is 1. The van der Waals surface area contributed by atoms with Crippen molar-refractivity contribution in [2.45, 2.75) is 20.0 Å². The molecule has 0 aliphatic carbocycles. The van der Waals surface area contributed by atoms with Gasteiger partial charge in [0, 0.05) is 28.5 Å². The number of hydrogen-bond donors (Lipinski definition) is 1. The lowest BCUT2D eigenvalue weighted by Crippen LogP contribution is -2.30. The van der Waals surface area contributed by atoms with Crippen molar-refractivity contribution >= 4 is 33.3 Å². The topological polar surface area (TPSA) is 81.4 Å². The van der Waals surface area contributed by atoms with Crippen molar-refractivity contribution in [3.8, 4) is 17.0 Å². The number of aryl methyl sites for hydroxylation is 1. The van der Waals surface area contributed by atoms with Gasteiger partial charge >= 0.3 is 5.63 Å². The fourth-order valence-corrected chi connectivity index (χ4v) is 3.64. The summed E-state index contributed by atoms with van der Waals surface area (Å²) in [4.78, 5) is 28.5. The van der Waals surface area contributed by atoms with Crippen molar-refractivity contribution in [2.24, 2.45) is 0 Å². The molecule has 6 nitrogen and oxygen atoms in total. The lowest BCUT2D eigenvalue weighted by Gasteiger charge is -2.14. The number of nitrogens with zero attached hydrogens (tertiary/aromatic N) is 1. The van der Waals surface area contributed by atoms with Gasteiger partial charge in [0.2, 0.25) is 0 Å². The molecule has 0 saturated heterocycles. The highest BCUT2D eigenvalue weighted by atomic mass is 32.1. The number of hydrogen-bond acceptors (Lipinski definition) is 6. The monoisotopic (exact) mass is 406 g/mol. The molecular weight excluding hydrogens is 388 g/mol. The zero-order valence-corrected chi connectivity index (χ0v) is 16.7. The van der Waals surface area contributed by atoms with Gasteiger partial charge in [-0.15, -0.1) is 11.3 Å². The van der Waals surface area contributed by atoms with Crippen molar-refractivity contribution < 1.29 is 13.9 Å². The van der Waals surface area contributed by atoms with E-state index in [4.69, 9.17) is 9.15 Å². The molecule has 4 aromatic rings. The van der Waals surface area contributed by atoms with Crippen LogP contribution in [0.3, 0.4) is 0 Å². The van der Waals surface area contributed by atoms with Gasteiger partial charge < -0.3 is 9.15 Å². The number of benzene rings is 2. The first-order valence-corrected chi connectivity index (χ1v) is 9.90. The SMILES string of the molecule is Cc1cc(=O)oc2cc(OC(C)C(=O)Nc3nc(-c4ccccc4)cs3)ccc12. The maximum absolute atomic E-state index is 12.5. The van der Waals surface area contributed by atoms with Gasteiger partial charge in [-0.25, -0.2) is 9.78 Å². The van der Waals surface area contributed by atoms with Crippen LogP contribution in [0.15, 0.2) is 69.2 Å². The van der Waals surface area contributed by atoms with Crippen LogP contribution in [0.5, 0.6) is 5.75 Å². The molecule has 1 amide bonds. The number of carbonyl (C=O) groups is 1. The second kappa shape index (κ2) is 7.89. The Hall–Kier alpha value is -3.45. The van der Waals surface area contributed by atoms with Gasteiger partial charge in [-0.1, -0.05) is 30.3 Å². The number of carbonyl (C=O) groups excluding carboxylic acids is 1. The molecule has 1 N–H and O–H groups in total. The summed E-state index contributed by atoms with van der Waals surface area (Å²) in [5.41, 5.74) is 2.62. The molecule has 0 spiro atoms. The number of thiazole rings is 1. The smallest absolute Gasteiger partial charge is 0.336 e. The molecule has 1 atom stereocenters. The molecule has 0 saturated carbocycles. The van der Waals surface area contributed by atoms with E-state index < -0.39 is 11.7 Å². The summed E-state index contributed by atoms with van der Waals surface area (Å²) in [5, 5.41) is 6.00. The summed E-state index contributed by atoms with van der Waals surface area (Å²) in [7, 11) is 0. The fourth-order valence-electron chi connectivity index (χ4n) is 2.92. The molecule has 1 unspecified atom stereocenters. The van der Waals surface area contributed by atoms with Gasteiger partial charge in [-0.3, -0.25) is 10.1 Å². The summed E-state index contributed by atoms with van der Waals surface area (Å²) in [6.07, 6.45) is -0.756. The Bertz CT molecular complexity index is 1230. The minimum Gasteiger partial charge on any atom is -0.481 e. The van der Waals surface area contributed by atoms with E-state index in [0.717, 1.165) is 22.2 Å². The Kier molecular flexibility index (Phi) is 5.14. The van der Waals surface area contributed by atoms with Crippen LogP contribution in [-0.2, 0) is 4.79 Å². The molecule has 7 heteroatoms. The molecule has 0 radical (unpaired) electrons. The molecule has 29 heavy (non-hydrogen) atoms. The Morgan fingerprint density at radius 3 is 2.76 bits per heavy atom. The van der Waals surface area contributed by atoms with Crippen molar-refractivity contribution in [2.75, 3.05) is 5.32 Å². The van der Waals surface area contributed by atoms with E-state index >= 15 is 0 Å². The van der Waals surface area contributed by atoms with Crippen LogP contribution in [0.2, 0.25) is 0 Å². The average molecular weight is 406 g/mol. The zero-order chi connectivity index (χ0) is 20.4. The quantitative estimate of drug-likeness (QED) is 0.489. The molecule has 0 aliphatic rings. The Labute approximate surface area is 170 Å². The van der Waals surface area contributed by atoms with E-state index in [2.05, 4.69) is 10.3 Å². The first-order chi connectivity index (χ1) is 14.0. The molecule has 146 valence electrons. The van der Waals surface area contributed by atoms with E-state index in [1.54, 1.807) is 25.1 Å². The normalized spacial score (nSPS) is 11.9. The summed E-state index contributed by atoms with van der Waals surface area (Å²) < 4.78 is 11.0. The maximum atomic E-state index is 12.5. The van der Waals surface area contributed by atoms with Crippen LogP contribution >= 0.6 is 11.3 Å². The van der Waals surface area contributed by atoms with Gasteiger partial charge in [0.1, 0.15) is 11.3 Å². The van der Waals surface area contributed by atoms with Crippen LogP contribution in [0.25, 0.3) is 22.2 Å². The Morgan fingerprint density at radius 1 is 1.17 bits per heavy atom. The highest BCUT2D eigenvalue weighted by molar-refractivity contribution is 7.14. The molecule has 0 fully saturated rings. The molecule has 0 bridgehead atoms. The molecular formula is C22H18N2O4S. The van der Waals surface area contributed by atoms with Gasteiger partial charge in [0.25, 0.3) is 5.91 Å². The standard InChI is InChI=1S/C22H18N2O4S/c1-13-10-20(25)28-19-11-16(8-9-17(13)19)27-14(2)21(26)24-22-23-18(12-29-22)15-6-4-3-5-7-15/h3-12,14H,1-2H3,(H,23,24,26). The van der Waals surface area contributed by atoms with E-state index in [-0.39, 0.29) is 5.91 Å². The molecule has 4 rings (SSSR count). The van der Waals surface area contributed by atoms with E-state index in [9.17, 15) is 9.59 Å². The number of rotatable bonds is 5. The number of nitrogens with one attached hydrogen (secondary N) is 1. The third-order valence-corrected chi connectivity index (χ3v) is 5.17. The zero-order valence-electron chi connectivity index (χ0n) is 15.8. The highest BCUT2D eigenvalue weighted by Crippen LogP contribution is 2.26. The Morgan fingerprint density at radius 2 is 1.97 bits per heavy atom. The summed E-state index contributed by atoms with van der Waals surface area (Å²) in [6, 6.07) is 16.4. The van der Waals surface area contributed by atoms with Crippen LogP contribution in [0.4, 0.5) is 5.13 Å². The first-order valence-electron chi connectivity index (χ1n) is 9.02. The predicted molar refractivity (Wildman–Crippen MR) is 113 cm³/mol. The lowest BCUT2D eigenvalue weighted by molar-refractivity contribution is -0.122. The maximum Gasteiger partial charge on any atom is 0.336 e. The van der Waals surface area contributed by atoms with Gasteiger partial charge in [0.15, 0.2) is 11.2 Å². The fraction of sp³-hybridized carbons (Fsp3) is 0.136. The van der Waals surface area contributed by atoms with Crippen molar-refractivity contribution in [1.82, 2.24) is 4.98 Å². The van der Waals surface area contributed by atoms with Gasteiger partial charge in [0.05, 0.1) is 5.69 Å². The Balaban J connectivity index is 1.45. The van der Waals surface area contributed by atoms with Gasteiger partial charge in [-0.2, -0.15) is 0 Å². The van der Waals surface area contributed by atoms with E-state index in [1.807, 2.05) is 42.6 Å². The second-order valence-corrected chi connectivity index (χ2v) is 7.42. The third-order valence-electron chi connectivity index (χ3n) is 4.41. The van der Waals surface area contributed by atoms with E-state index in [1.165, 1.54) is 17.4 Å². The molecule has 2 aromatic heterocycles. The number of aromatic nitrogens is 1. The van der Waals surface area contributed by atoms with Crippen LogP contribution in [-0.4, -0.2) is 17.0 Å². The number of anilines is 1. The van der Waals surface area contributed by atoms with E-state index in [0.29, 0.717) is 16.5 Å². The molecule has 0 aliphatic heterocycles. The third kappa shape index (κ3) is 4.20. The second-order valence-electron chi connectivity index (χ2n) is 6.56. The minimum absolute atomic E-state index is 0.315. The number of fused-ring (bicyclic) bond motifs is 1. The van der Waals surface area contributed by atoms with Crippen molar-refractivity contribution in [3.05, 3.63) is 76.0 Å². The highest BCUT2D eigenvalue weighted by Gasteiger charge is 2.17. The van der Waals surface area contributed by atoms with Crippen LogP contribution in [0.1, 0.15) is 12.5 Å². The van der Waals surface area contributed by atoms with Crippen molar-refractivity contribution in [3.63, 3.8) is 0 Å². The first kappa shape index (κ1) is 18.9. The summed E-state index contributed by atoms with van der Waals surface area (Å²) >= 11 is 1.35. The van der Waals surface area contributed by atoms with Crippen LogP contribution in [0, 0.1) is 6.92 Å². The number of amides is 1. The molecule has 2 heterocycles. The van der Waals surface area contributed by atoms with Crippen LogP contribution < -0.4 is 15.7 Å². The summed E-state index contributed by atoms with van der Waals surface area (Å²) in [5.74, 6) is 0.128. The predicted octanol–water partition coefficient (Wildman–Crippen LogP) is 4.63. The van der Waals surface area contributed by atoms with Crippen molar-refractivity contribution in [1.29, 1.82) is 0 Å². The lowest BCUT2D eigenvalue weighted by atomic mass is 10.1. The molecule has 2 aromatic carbocycles. The minimum atomic E-state index is -0.756. The summed E-state index contributed by atoms with van der Waals surface area (Å²) in [6.45, 7) is 3.49. The van der Waals surface area contributed by atoms with Gasteiger partial charge in [-0.05, 0) is 31.5 Å².